The first-order valence-electron chi connectivity index (χ1n) is 4.51. The fraction of sp³-hybridized carbons (Fsp3) is 0.444. The second-order valence-corrected chi connectivity index (χ2v) is 4.35. The lowest BCUT2D eigenvalue weighted by atomic mass is 10.4. The first-order valence-corrected chi connectivity index (χ1v) is 5.58. The van der Waals surface area contributed by atoms with Crippen LogP contribution in [-0.2, 0) is 4.79 Å². The third kappa shape index (κ3) is 3.98. The van der Waals surface area contributed by atoms with E-state index in [9.17, 15) is 4.79 Å². The Hall–Kier alpha value is -0.920. The molecule has 0 atom stereocenters. The van der Waals surface area contributed by atoms with Crippen molar-refractivity contribution in [1.29, 1.82) is 0 Å². The molecule has 0 saturated heterocycles. The highest BCUT2D eigenvalue weighted by atomic mass is 127. The number of halogens is 1. The highest BCUT2D eigenvalue weighted by molar-refractivity contribution is 14.1. The van der Waals surface area contributed by atoms with Crippen LogP contribution in [-0.4, -0.2) is 41.4 Å². The van der Waals surface area contributed by atoms with Crippen LogP contribution in [0.3, 0.4) is 0 Å². The molecule has 0 spiro atoms. The van der Waals surface area contributed by atoms with E-state index in [0.717, 1.165) is 9.39 Å². The van der Waals surface area contributed by atoms with Crippen molar-refractivity contribution in [3.05, 3.63) is 16.1 Å². The van der Waals surface area contributed by atoms with Crippen molar-refractivity contribution in [2.75, 3.05) is 26.0 Å². The van der Waals surface area contributed by atoms with Crippen LogP contribution in [0.5, 0.6) is 0 Å². The van der Waals surface area contributed by atoms with Crippen molar-refractivity contribution in [1.82, 2.24) is 14.9 Å². The van der Waals surface area contributed by atoms with Gasteiger partial charge in [0.25, 0.3) is 0 Å². The van der Waals surface area contributed by atoms with Gasteiger partial charge in [-0.15, -0.1) is 0 Å². The number of anilines is 1. The number of aromatic nitrogens is 2. The van der Waals surface area contributed by atoms with Gasteiger partial charge in [-0.2, -0.15) is 0 Å². The minimum Gasteiger partial charge on any atom is -0.369 e. The van der Waals surface area contributed by atoms with E-state index in [1.165, 1.54) is 6.33 Å². The predicted molar refractivity (Wildman–Crippen MR) is 66.5 cm³/mol. The van der Waals surface area contributed by atoms with Gasteiger partial charge in [0.05, 0.1) is 3.57 Å². The number of carbonyl (C=O) groups excluding carboxylic acids is 1. The minimum absolute atomic E-state index is 0.103. The van der Waals surface area contributed by atoms with E-state index in [-0.39, 0.29) is 5.91 Å². The molecule has 6 heteroatoms. The van der Waals surface area contributed by atoms with Crippen LogP contribution in [0.2, 0.25) is 0 Å². The summed E-state index contributed by atoms with van der Waals surface area (Å²) < 4.78 is 0.951. The van der Waals surface area contributed by atoms with Gasteiger partial charge in [0.2, 0.25) is 5.91 Å². The molecule has 0 saturated carbocycles. The summed E-state index contributed by atoms with van der Waals surface area (Å²) in [5, 5.41) is 3.09. The summed E-state index contributed by atoms with van der Waals surface area (Å²) >= 11 is 2.15. The Morgan fingerprint density at radius 1 is 1.60 bits per heavy atom. The van der Waals surface area contributed by atoms with E-state index < -0.39 is 0 Å². The van der Waals surface area contributed by atoms with Gasteiger partial charge in [-0.05, 0) is 22.6 Å². The second kappa shape index (κ2) is 5.84. The molecule has 5 nitrogen and oxygen atoms in total. The highest BCUT2D eigenvalue weighted by Gasteiger charge is 2.04. The first-order chi connectivity index (χ1) is 7.11. The molecule has 15 heavy (non-hydrogen) atoms. The van der Waals surface area contributed by atoms with Crippen LogP contribution >= 0.6 is 22.6 Å². The van der Waals surface area contributed by atoms with Gasteiger partial charge >= 0.3 is 0 Å². The van der Waals surface area contributed by atoms with Crippen molar-refractivity contribution >= 4 is 34.3 Å². The normalized spacial score (nSPS) is 9.80. The summed E-state index contributed by atoms with van der Waals surface area (Å²) in [6.45, 7) is 0.587. The Bertz CT molecular complexity index is 343. The van der Waals surface area contributed by atoms with Crippen molar-refractivity contribution < 1.29 is 4.79 Å². The van der Waals surface area contributed by atoms with Crippen molar-refractivity contribution in [2.45, 2.75) is 6.42 Å². The van der Waals surface area contributed by atoms with Gasteiger partial charge in [-0.3, -0.25) is 4.79 Å². The summed E-state index contributed by atoms with van der Waals surface area (Å²) in [5.74, 6) is 0.878. The maximum atomic E-state index is 11.3. The molecule has 0 aliphatic carbocycles. The number of hydrogen-bond donors (Lipinski definition) is 1. The average molecular weight is 320 g/mol. The maximum Gasteiger partial charge on any atom is 0.223 e. The van der Waals surface area contributed by atoms with E-state index >= 15 is 0 Å². The van der Waals surface area contributed by atoms with Crippen molar-refractivity contribution in [2.24, 2.45) is 0 Å². The number of hydrogen-bond acceptors (Lipinski definition) is 4. The molecule has 0 aliphatic heterocycles. The van der Waals surface area contributed by atoms with E-state index in [1.807, 2.05) is 0 Å². The summed E-state index contributed by atoms with van der Waals surface area (Å²) in [4.78, 5) is 20.8. The lowest BCUT2D eigenvalue weighted by molar-refractivity contribution is -0.128. The minimum atomic E-state index is 0.103. The standard InChI is InChI=1S/C9H13IN4O/c1-14(2)8(15)3-4-12-9-7(10)5-11-6-13-9/h5-6H,3-4H2,1-2H3,(H,11,12,13). The quantitative estimate of drug-likeness (QED) is 0.840. The van der Waals surface area contributed by atoms with Gasteiger partial charge in [0, 0.05) is 33.3 Å². The zero-order valence-corrected chi connectivity index (χ0v) is 10.9. The Kier molecular flexibility index (Phi) is 4.73. The smallest absolute Gasteiger partial charge is 0.223 e. The lowest BCUT2D eigenvalue weighted by Crippen LogP contribution is -2.24. The van der Waals surface area contributed by atoms with E-state index in [1.54, 1.807) is 25.2 Å². The maximum absolute atomic E-state index is 11.3. The zero-order valence-electron chi connectivity index (χ0n) is 8.70. The lowest BCUT2D eigenvalue weighted by Gasteiger charge is -2.11. The molecule has 1 aromatic rings. The molecule has 0 aromatic carbocycles. The molecule has 0 unspecified atom stereocenters. The summed E-state index contributed by atoms with van der Waals surface area (Å²) in [6.07, 6.45) is 3.68. The molecule has 0 aliphatic rings. The van der Waals surface area contributed by atoms with Gasteiger partial charge in [0.1, 0.15) is 12.1 Å². The van der Waals surface area contributed by atoms with Crippen LogP contribution in [0.1, 0.15) is 6.42 Å². The molecule has 1 heterocycles. The second-order valence-electron chi connectivity index (χ2n) is 3.18. The van der Waals surface area contributed by atoms with Crippen LogP contribution in [0, 0.1) is 3.57 Å². The number of nitrogens with one attached hydrogen (secondary N) is 1. The third-order valence-electron chi connectivity index (χ3n) is 1.80. The van der Waals surface area contributed by atoms with Gasteiger partial charge in [-0.25, -0.2) is 9.97 Å². The molecule has 1 N–H and O–H groups in total. The molecular formula is C9H13IN4O. The SMILES string of the molecule is CN(C)C(=O)CCNc1ncncc1I. The van der Waals surface area contributed by atoms with Crippen molar-refractivity contribution in [3.8, 4) is 0 Å². The molecular weight excluding hydrogens is 307 g/mol. The largest absolute Gasteiger partial charge is 0.369 e. The zero-order chi connectivity index (χ0) is 11.3. The first kappa shape index (κ1) is 12.2. The molecule has 0 radical (unpaired) electrons. The van der Waals surface area contributed by atoms with E-state index in [4.69, 9.17) is 0 Å². The summed E-state index contributed by atoms with van der Waals surface area (Å²) in [5.41, 5.74) is 0. The van der Waals surface area contributed by atoms with E-state index in [0.29, 0.717) is 13.0 Å². The molecule has 0 bridgehead atoms. The van der Waals surface area contributed by atoms with Gasteiger partial charge in [-0.1, -0.05) is 0 Å². The molecule has 0 fully saturated rings. The van der Waals surface area contributed by atoms with Gasteiger partial charge in [0.15, 0.2) is 0 Å². The summed E-state index contributed by atoms with van der Waals surface area (Å²) in [6, 6.07) is 0. The fourth-order valence-electron chi connectivity index (χ4n) is 0.954. The highest BCUT2D eigenvalue weighted by Crippen LogP contribution is 2.11. The molecule has 1 rings (SSSR count). The fourth-order valence-corrected chi connectivity index (χ4v) is 1.44. The Morgan fingerprint density at radius 3 is 2.93 bits per heavy atom. The van der Waals surface area contributed by atoms with Crippen molar-refractivity contribution in [3.63, 3.8) is 0 Å². The third-order valence-corrected chi connectivity index (χ3v) is 2.59. The molecule has 82 valence electrons. The topological polar surface area (TPSA) is 58.1 Å². The average Bonchev–Trinajstić information content (AvgIpc) is 2.20. The molecule has 1 aromatic heterocycles. The number of rotatable bonds is 4. The van der Waals surface area contributed by atoms with E-state index in [2.05, 4.69) is 37.9 Å². The number of carbonyl (C=O) groups is 1. The molecule has 1 amide bonds. The van der Waals surface area contributed by atoms with Crippen LogP contribution < -0.4 is 5.32 Å². The number of nitrogens with zero attached hydrogens (tertiary/aromatic N) is 3. The monoisotopic (exact) mass is 320 g/mol. The Labute approximate surface area is 102 Å². The summed E-state index contributed by atoms with van der Waals surface area (Å²) in [7, 11) is 3.49. The predicted octanol–water partition coefficient (Wildman–Crippen LogP) is 0.971. The van der Waals surface area contributed by atoms with Gasteiger partial charge < -0.3 is 10.2 Å². The Balaban J connectivity index is 2.38. The van der Waals surface area contributed by atoms with Crippen LogP contribution in [0.25, 0.3) is 0 Å². The van der Waals surface area contributed by atoms with Crippen LogP contribution in [0.15, 0.2) is 12.5 Å². The van der Waals surface area contributed by atoms with Crippen LogP contribution in [0.4, 0.5) is 5.82 Å². The Morgan fingerprint density at radius 2 is 2.33 bits per heavy atom. The number of amides is 1.